The molecule has 0 aliphatic carbocycles. The van der Waals surface area contributed by atoms with Crippen molar-refractivity contribution in [3.05, 3.63) is 352 Å². The summed E-state index contributed by atoms with van der Waals surface area (Å²) in [5, 5.41) is 4.69. The molecular formula is C82H60N6. The third kappa shape index (κ3) is 9.71. The third-order valence-corrected chi connectivity index (χ3v) is 16.8. The first-order chi connectivity index (χ1) is 43.6. The molecule has 0 aliphatic rings. The summed E-state index contributed by atoms with van der Waals surface area (Å²) in [6.45, 7) is 8.04. The Morgan fingerprint density at radius 1 is 0.205 bits per heavy atom. The van der Waals surface area contributed by atoms with Crippen LogP contribution in [-0.4, -0.2) is 9.13 Å². The van der Waals surface area contributed by atoms with Gasteiger partial charge < -0.3 is 28.7 Å². The summed E-state index contributed by atoms with van der Waals surface area (Å²) >= 11 is 0. The number of nitrogens with zero attached hydrogens (tertiary/aromatic N) is 6. The van der Waals surface area contributed by atoms with E-state index in [1.807, 2.05) is 12.2 Å². The van der Waals surface area contributed by atoms with E-state index in [1.165, 1.54) is 10.8 Å². The van der Waals surface area contributed by atoms with Gasteiger partial charge in [0.1, 0.15) is 0 Å². The van der Waals surface area contributed by atoms with Crippen molar-refractivity contribution in [3.8, 4) is 11.4 Å². The molecular weight excluding hydrogens is 1070 g/mol. The maximum Gasteiger partial charge on any atom is 0.0542 e. The van der Waals surface area contributed by atoms with E-state index in [0.717, 1.165) is 124 Å². The van der Waals surface area contributed by atoms with Gasteiger partial charge >= 0.3 is 0 Å². The van der Waals surface area contributed by atoms with Gasteiger partial charge in [-0.25, -0.2) is 0 Å². The Balaban J connectivity index is 0.886. The van der Waals surface area contributed by atoms with Gasteiger partial charge in [-0.2, -0.15) is 0 Å². The zero-order valence-corrected chi connectivity index (χ0v) is 48.4. The van der Waals surface area contributed by atoms with Gasteiger partial charge in [-0.15, -0.1) is 0 Å². The van der Waals surface area contributed by atoms with Crippen LogP contribution >= 0.6 is 0 Å². The Bertz CT molecular complexity index is 4560. The minimum absolute atomic E-state index is 1.01. The molecule has 0 fully saturated rings. The van der Waals surface area contributed by atoms with Gasteiger partial charge in [0, 0.05) is 101 Å². The summed E-state index contributed by atoms with van der Waals surface area (Å²) in [7, 11) is 0. The van der Waals surface area contributed by atoms with Crippen molar-refractivity contribution in [1.82, 2.24) is 9.13 Å². The van der Waals surface area contributed by atoms with Crippen LogP contribution in [0, 0.1) is 0 Å². The minimum atomic E-state index is 1.01. The summed E-state index contributed by atoms with van der Waals surface area (Å²) in [6.07, 6.45) is 3.78. The van der Waals surface area contributed by atoms with Gasteiger partial charge in [-0.05, 0) is 205 Å². The van der Waals surface area contributed by atoms with Crippen molar-refractivity contribution < 1.29 is 0 Å². The summed E-state index contributed by atoms with van der Waals surface area (Å²) in [5.41, 5.74) is 21.5. The molecule has 88 heavy (non-hydrogen) atoms. The topological polar surface area (TPSA) is 22.8 Å². The normalized spacial score (nSPS) is 11.3. The van der Waals surface area contributed by atoms with Crippen LogP contribution in [0.3, 0.4) is 0 Å². The number of hydrogen-bond donors (Lipinski definition) is 0. The lowest BCUT2D eigenvalue weighted by atomic mass is 10.1. The molecule has 13 aromatic carbocycles. The molecule has 0 radical (unpaired) electrons. The molecule has 6 nitrogen and oxygen atoms in total. The van der Waals surface area contributed by atoms with Crippen molar-refractivity contribution in [2.24, 2.45) is 0 Å². The van der Waals surface area contributed by atoms with Gasteiger partial charge in [0.2, 0.25) is 0 Å². The number of rotatable bonds is 16. The Hall–Kier alpha value is -11.9. The number of anilines is 12. The average molecular weight is 1130 g/mol. The number of fused-ring (bicyclic) bond motifs is 6. The van der Waals surface area contributed by atoms with Crippen LogP contribution in [0.1, 0.15) is 11.1 Å². The lowest BCUT2D eigenvalue weighted by Gasteiger charge is -2.30. The maximum absolute atomic E-state index is 4.02. The van der Waals surface area contributed by atoms with Crippen molar-refractivity contribution in [2.75, 3.05) is 19.6 Å². The molecule has 2 heterocycles. The molecule has 0 atom stereocenters. The fraction of sp³-hybridized carbons (Fsp3) is 0. The van der Waals surface area contributed by atoms with Crippen molar-refractivity contribution in [2.45, 2.75) is 0 Å². The number of aromatic nitrogens is 2. The third-order valence-electron chi connectivity index (χ3n) is 16.8. The lowest BCUT2D eigenvalue weighted by molar-refractivity contribution is 1.18. The molecule has 0 saturated carbocycles. The van der Waals surface area contributed by atoms with Crippen LogP contribution in [0.15, 0.2) is 341 Å². The minimum Gasteiger partial charge on any atom is -0.311 e. The Labute approximate surface area is 513 Å². The first kappa shape index (κ1) is 52.9. The Morgan fingerprint density at radius 3 is 0.716 bits per heavy atom. The summed E-state index contributed by atoms with van der Waals surface area (Å²) in [6, 6.07) is 118. The quantitative estimate of drug-likeness (QED) is 0.0962. The van der Waals surface area contributed by atoms with E-state index in [1.54, 1.807) is 0 Å². The number of benzene rings is 13. The number of para-hydroxylation sites is 6. The van der Waals surface area contributed by atoms with E-state index in [4.69, 9.17) is 0 Å². The lowest BCUT2D eigenvalue weighted by Crippen LogP contribution is -2.13. The zero-order valence-electron chi connectivity index (χ0n) is 48.4. The van der Waals surface area contributed by atoms with Crippen LogP contribution in [0.25, 0.3) is 67.1 Å². The molecule has 0 N–H and O–H groups in total. The summed E-state index contributed by atoms with van der Waals surface area (Å²) in [4.78, 5) is 9.39. The molecule has 2 aromatic heterocycles. The molecule has 0 saturated heterocycles. The highest BCUT2D eigenvalue weighted by Crippen LogP contribution is 2.46. The van der Waals surface area contributed by atoms with Crippen LogP contribution in [0.2, 0.25) is 0 Å². The first-order valence-electron chi connectivity index (χ1n) is 29.8. The van der Waals surface area contributed by atoms with Crippen LogP contribution in [0.5, 0.6) is 0 Å². The molecule has 0 unspecified atom stereocenters. The largest absolute Gasteiger partial charge is 0.311 e. The van der Waals surface area contributed by atoms with Crippen LogP contribution < -0.4 is 19.6 Å². The zero-order chi connectivity index (χ0) is 58.9. The average Bonchev–Trinajstić information content (AvgIpc) is 3.07. The van der Waals surface area contributed by atoms with Crippen molar-refractivity contribution in [1.29, 1.82) is 0 Å². The van der Waals surface area contributed by atoms with E-state index < -0.39 is 0 Å². The summed E-state index contributed by atoms with van der Waals surface area (Å²) in [5.74, 6) is 0. The maximum atomic E-state index is 4.02. The van der Waals surface area contributed by atoms with E-state index in [9.17, 15) is 0 Å². The molecule has 0 bridgehead atoms. The fourth-order valence-electron chi connectivity index (χ4n) is 12.6. The van der Waals surface area contributed by atoms with Gasteiger partial charge in [0.25, 0.3) is 0 Å². The highest BCUT2D eigenvalue weighted by molar-refractivity contribution is 6.12. The molecule has 0 aliphatic heterocycles. The van der Waals surface area contributed by atoms with E-state index >= 15 is 0 Å². The molecule has 0 amide bonds. The monoisotopic (exact) mass is 1130 g/mol. The van der Waals surface area contributed by atoms with Crippen LogP contribution in [-0.2, 0) is 0 Å². The van der Waals surface area contributed by atoms with E-state index in [-0.39, 0.29) is 0 Å². The second kappa shape index (κ2) is 23.0. The van der Waals surface area contributed by atoms with Gasteiger partial charge in [-0.1, -0.05) is 159 Å². The van der Waals surface area contributed by atoms with Gasteiger partial charge in [-0.3, -0.25) is 0 Å². The Morgan fingerprint density at radius 2 is 0.432 bits per heavy atom. The SMILES string of the molecule is C=Cc1ccc(-n2c3ccccc3c3cc(N(c4ccc(N(c5ccccc5)c5ccccc5)cc4)c4ccc(N(c5ccc(N(c6ccccc6)c6ccccc6)cc5)c5ccc6c(c5)c5ccccc5n6-c5ccc(C=C)cc5)cc4)ccc32)cc1. The molecule has 15 rings (SSSR count). The smallest absolute Gasteiger partial charge is 0.0542 e. The van der Waals surface area contributed by atoms with Gasteiger partial charge in [0.05, 0.1) is 22.1 Å². The Kier molecular flexibility index (Phi) is 13.8. The molecule has 418 valence electrons. The van der Waals surface area contributed by atoms with E-state index in [0.29, 0.717) is 0 Å². The molecule has 15 aromatic rings. The van der Waals surface area contributed by atoms with Crippen molar-refractivity contribution in [3.63, 3.8) is 0 Å². The predicted molar refractivity (Wildman–Crippen MR) is 374 cm³/mol. The second-order valence-electron chi connectivity index (χ2n) is 21.9. The van der Waals surface area contributed by atoms with Crippen LogP contribution in [0.4, 0.5) is 68.2 Å². The standard InChI is InChI=1S/C82H60N6/c1-3-59-33-37-71(38-34-59)87-79-31-19-17-29-75(79)77-57-73(53-55-81(77)87)85(67-45-41-65(42-46-67)83(61-21-9-5-10-22-61)62-23-11-6-12-24-62)69-49-51-70(52-50-69)86(68-47-43-66(44-48-68)84(63-25-13-7-14-26-63)64-27-15-8-16-28-64)74-54-56-82-78(58-74)76-30-18-20-32-80(76)88(82)72-39-35-60(4-2)36-40-72/h3-58H,1-2H2. The van der Waals surface area contributed by atoms with Gasteiger partial charge in [0.15, 0.2) is 0 Å². The highest BCUT2D eigenvalue weighted by atomic mass is 15.2. The second-order valence-corrected chi connectivity index (χ2v) is 21.9. The highest BCUT2D eigenvalue weighted by Gasteiger charge is 2.23. The van der Waals surface area contributed by atoms with E-state index in [2.05, 4.69) is 369 Å². The fourth-order valence-corrected chi connectivity index (χ4v) is 12.6. The number of hydrogen-bond acceptors (Lipinski definition) is 4. The predicted octanol–water partition coefficient (Wildman–Crippen LogP) is 23.0. The van der Waals surface area contributed by atoms with Crippen molar-refractivity contribution >= 4 is 124 Å². The molecule has 6 heteroatoms. The summed E-state index contributed by atoms with van der Waals surface area (Å²) < 4.78 is 4.74. The molecule has 0 spiro atoms. The first-order valence-corrected chi connectivity index (χ1v) is 29.8.